The Balaban J connectivity index is 1.79. The largest absolute Gasteiger partial charge is 0.391 e. The maximum absolute atomic E-state index is 12.8. The molecular weight excluding hydrogens is 364 g/mol. The number of para-hydroxylation sites is 2. The number of aliphatic hydroxyl groups is 1. The van der Waals surface area contributed by atoms with Crippen LogP contribution >= 0.6 is 0 Å². The van der Waals surface area contributed by atoms with E-state index in [2.05, 4.69) is 14.7 Å². The van der Waals surface area contributed by atoms with E-state index in [0.29, 0.717) is 29.9 Å². The second-order valence-corrected chi connectivity index (χ2v) is 8.23. The molecule has 140 valence electrons. The molecule has 0 bridgehead atoms. The maximum atomic E-state index is 12.8. The Kier molecular flexibility index (Phi) is 4.67. The van der Waals surface area contributed by atoms with Crippen LogP contribution < -0.4 is 9.62 Å². The minimum atomic E-state index is -3.80. The molecule has 27 heavy (non-hydrogen) atoms. The lowest BCUT2D eigenvalue weighted by atomic mass is 10.1. The number of β-amino-alcohol motifs (C(OH)–C–C–N with tert-alkyl or cyclic N) is 1. The van der Waals surface area contributed by atoms with Crippen LogP contribution in [0.15, 0.2) is 59.5 Å². The Morgan fingerprint density at radius 1 is 1.00 bits per heavy atom. The smallest absolute Gasteiger partial charge is 0.263 e. The topological polar surface area (TPSA) is 95.4 Å². The summed E-state index contributed by atoms with van der Waals surface area (Å²) in [6, 6.07) is 15.5. The first kappa shape index (κ1) is 17.7. The van der Waals surface area contributed by atoms with Crippen molar-refractivity contribution in [3.63, 3.8) is 0 Å². The molecule has 1 unspecified atom stereocenters. The zero-order chi connectivity index (χ0) is 18.9. The van der Waals surface area contributed by atoms with Gasteiger partial charge in [-0.15, -0.1) is 0 Å². The summed E-state index contributed by atoms with van der Waals surface area (Å²) in [7, 11) is -3.80. The number of fused-ring (bicyclic) bond motifs is 1. The highest BCUT2D eigenvalue weighted by Crippen LogP contribution is 2.29. The lowest BCUT2D eigenvalue weighted by Crippen LogP contribution is -2.39. The first-order chi connectivity index (χ1) is 13.0. The molecule has 0 amide bonds. The van der Waals surface area contributed by atoms with E-state index in [1.54, 1.807) is 24.3 Å². The fourth-order valence-electron chi connectivity index (χ4n) is 3.21. The summed E-state index contributed by atoms with van der Waals surface area (Å²) >= 11 is 0. The molecule has 1 atom stereocenters. The predicted molar refractivity (Wildman–Crippen MR) is 104 cm³/mol. The zero-order valence-electron chi connectivity index (χ0n) is 14.6. The van der Waals surface area contributed by atoms with Crippen LogP contribution in [-0.2, 0) is 10.0 Å². The Bertz CT molecular complexity index is 1060. The molecule has 1 fully saturated rings. The SMILES string of the molecule is O=S(=O)(Nc1nc2ccccc2nc1N1CCCC(O)C1)c1ccccc1. The number of aliphatic hydroxyl groups excluding tert-OH is 1. The lowest BCUT2D eigenvalue weighted by molar-refractivity contribution is 0.154. The van der Waals surface area contributed by atoms with Crippen molar-refractivity contribution in [3.05, 3.63) is 54.6 Å². The van der Waals surface area contributed by atoms with Crippen molar-refractivity contribution in [2.75, 3.05) is 22.7 Å². The van der Waals surface area contributed by atoms with E-state index in [-0.39, 0.29) is 10.7 Å². The van der Waals surface area contributed by atoms with Gasteiger partial charge in [-0.3, -0.25) is 4.72 Å². The first-order valence-corrected chi connectivity index (χ1v) is 10.3. The third-order valence-electron chi connectivity index (χ3n) is 4.53. The van der Waals surface area contributed by atoms with E-state index in [1.165, 1.54) is 12.1 Å². The van der Waals surface area contributed by atoms with Gasteiger partial charge in [0.2, 0.25) is 0 Å². The van der Waals surface area contributed by atoms with Gasteiger partial charge in [-0.05, 0) is 37.1 Å². The number of nitrogens with one attached hydrogen (secondary N) is 1. The number of rotatable bonds is 4. The minimum Gasteiger partial charge on any atom is -0.391 e. The van der Waals surface area contributed by atoms with Crippen LogP contribution in [0.25, 0.3) is 11.0 Å². The number of anilines is 2. The summed E-state index contributed by atoms with van der Waals surface area (Å²) in [5.74, 6) is 0.610. The van der Waals surface area contributed by atoms with Gasteiger partial charge in [-0.25, -0.2) is 18.4 Å². The van der Waals surface area contributed by atoms with Crippen molar-refractivity contribution in [3.8, 4) is 0 Å². The summed E-state index contributed by atoms with van der Waals surface area (Å²) in [5.41, 5.74) is 1.28. The van der Waals surface area contributed by atoms with Crippen molar-refractivity contribution in [2.45, 2.75) is 23.8 Å². The van der Waals surface area contributed by atoms with Crippen molar-refractivity contribution < 1.29 is 13.5 Å². The number of benzene rings is 2. The Labute approximate surface area is 157 Å². The number of hydrogen-bond donors (Lipinski definition) is 2. The third kappa shape index (κ3) is 3.72. The summed E-state index contributed by atoms with van der Waals surface area (Å²) in [4.78, 5) is 11.2. The molecule has 2 N–H and O–H groups in total. The van der Waals surface area contributed by atoms with E-state index in [4.69, 9.17) is 0 Å². The minimum absolute atomic E-state index is 0.157. The zero-order valence-corrected chi connectivity index (χ0v) is 15.4. The number of piperidine rings is 1. The van der Waals surface area contributed by atoms with Crippen LogP contribution in [0, 0.1) is 0 Å². The highest BCUT2D eigenvalue weighted by molar-refractivity contribution is 7.92. The van der Waals surface area contributed by atoms with Gasteiger partial charge in [0.05, 0.1) is 22.0 Å². The molecule has 2 heterocycles. The van der Waals surface area contributed by atoms with Crippen molar-refractivity contribution in [2.24, 2.45) is 0 Å². The van der Waals surface area contributed by atoms with Crippen LogP contribution in [-0.4, -0.2) is 42.7 Å². The van der Waals surface area contributed by atoms with Crippen LogP contribution in [0.3, 0.4) is 0 Å². The molecule has 0 radical (unpaired) electrons. The van der Waals surface area contributed by atoms with Crippen LogP contribution in [0.5, 0.6) is 0 Å². The molecular formula is C19H20N4O3S. The molecule has 0 spiro atoms. The number of aromatic nitrogens is 2. The van der Waals surface area contributed by atoms with Gasteiger partial charge in [-0.1, -0.05) is 30.3 Å². The van der Waals surface area contributed by atoms with Gasteiger partial charge >= 0.3 is 0 Å². The van der Waals surface area contributed by atoms with Crippen LogP contribution in [0.4, 0.5) is 11.6 Å². The van der Waals surface area contributed by atoms with Gasteiger partial charge in [0.1, 0.15) is 0 Å². The highest BCUT2D eigenvalue weighted by atomic mass is 32.2. The predicted octanol–water partition coefficient (Wildman–Crippen LogP) is 2.39. The quantitative estimate of drug-likeness (QED) is 0.717. The number of hydrogen-bond acceptors (Lipinski definition) is 6. The normalized spacial score (nSPS) is 17.8. The molecule has 2 aromatic carbocycles. The van der Waals surface area contributed by atoms with E-state index in [9.17, 15) is 13.5 Å². The first-order valence-electron chi connectivity index (χ1n) is 8.80. The van der Waals surface area contributed by atoms with E-state index in [1.807, 2.05) is 23.1 Å². The second kappa shape index (κ2) is 7.13. The highest BCUT2D eigenvalue weighted by Gasteiger charge is 2.25. The molecule has 1 aliphatic rings. The monoisotopic (exact) mass is 384 g/mol. The van der Waals surface area contributed by atoms with E-state index < -0.39 is 16.1 Å². The molecule has 3 aromatic rings. The molecule has 1 aliphatic heterocycles. The molecule has 8 heteroatoms. The van der Waals surface area contributed by atoms with Gasteiger partial charge in [0.15, 0.2) is 11.6 Å². The number of nitrogens with zero attached hydrogens (tertiary/aromatic N) is 3. The Morgan fingerprint density at radius 3 is 2.37 bits per heavy atom. The molecule has 0 aliphatic carbocycles. The van der Waals surface area contributed by atoms with Gasteiger partial charge in [-0.2, -0.15) is 0 Å². The summed E-state index contributed by atoms with van der Waals surface area (Å²) in [5, 5.41) is 10.0. The van der Waals surface area contributed by atoms with Crippen molar-refractivity contribution in [1.82, 2.24) is 9.97 Å². The van der Waals surface area contributed by atoms with E-state index in [0.717, 1.165) is 12.8 Å². The fourth-order valence-corrected chi connectivity index (χ4v) is 4.24. The second-order valence-electron chi connectivity index (χ2n) is 6.55. The lowest BCUT2D eigenvalue weighted by Gasteiger charge is -2.32. The van der Waals surface area contributed by atoms with Crippen molar-refractivity contribution >= 4 is 32.7 Å². The van der Waals surface area contributed by atoms with Crippen LogP contribution in [0.2, 0.25) is 0 Å². The molecule has 1 saturated heterocycles. The standard InChI is InChI=1S/C19H20N4O3S/c24-14-7-6-12-23(13-14)19-18(20-16-10-4-5-11-17(16)21-19)22-27(25,26)15-8-2-1-3-9-15/h1-5,8-11,14,24H,6-7,12-13H2,(H,20,22). The summed E-state index contributed by atoms with van der Waals surface area (Å²) in [6.45, 7) is 1.08. The molecule has 1 aromatic heterocycles. The summed E-state index contributed by atoms with van der Waals surface area (Å²) in [6.07, 6.45) is 1.06. The molecule has 4 rings (SSSR count). The van der Waals surface area contributed by atoms with E-state index >= 15 is 0 Å². The Morgan fingerprint density at radius 2 is 1.67 bits per heavy atom. The molecule has 0 saturated carbocycles. The molecule has 7 nitrogen and oxygen atoms in total. The Hall–Kier alpha value is -2.71. The van der Waals surface area contributed by atoms with Gasteiger partial charge in [0.25, 0.3) is 10.0 Å². The average molecular weight is 384 g/mol. The van der Waals surface area contributed by atoms with Crippen molar-refractivity contribution in [1.29, 1.82) is 0 Å². The average Bonchev–Trinajstić information content (AvgIpc) is 2.68. The summed E-state index contributed by atoms with van der Waals surface area (Å²) < 4.78 is 28.2. The third-order valence-corrected chi connectivity index (χ3v) is 5.89. The number of sulfonamides is 1. The fraction of sp³-hybridized carbons (Fsp3) is 0.263. The van der Waals surface area contributed by atoms with Crippen LogP contribution in [0.1, 0.15) is 12.8 Å². The van der Waals surface area contributed by atoms with Gasteiger partial charge in [0, 0.05) is 13.1 Å². The maximum Gasteiger partial charge on any atom is 0.263 e. The van der Waals surface area contributed by atoms with Gasteiger partial charge < -0.3 is 10.0 Å².